The van der Waals surface area contributed by atoms with Crippen LogP contribution in [-0.4, -0.2) is 112 Å². The molecule has 11 atom stereocenters. The van der Waals surface area contributed by atoms with Gasteiger partial charge in [0.05, 0.1) is 35.6 Å². The summed E-state index contributed by atoms with van der Waals surface area (Å²) in [4.78, 5) is 88.5. The van der Waals surface area contributed by atoms with Gasteiger partial charge in [-0.3, -0.25) is 19.2 Å². The van der Waals surface area contributed by atoms with Crippen molar-refractivity contribution in [3.63, 3.8) is 0 Å². The van der Waals surface area contributed by atoms with Crippen LogP contribution in [0.15, 0.2) is 83.9 Å². The first-order valence-electron chi connectivity index (χ1n) is 27.1. The number of carbonyl (C=O) groups excluding carboxylic acids is 6. The summed E-state index contributed by atoms with van der Waals surface area (Å²) >= 11 is 0. The van der Waals surface area contributed by atoms with Gasteiger partial charge in [0, 0.05) is 43.7 Å². The molecule has 1 amide bonds. The summed E-state index contributed by atoms with van der Waals surface area (Å²) in [5.41, 5.74) is -8.72. The van der Waals surface area contributed by atoms with Crippen molar-refractivity contribution in [3.8, 4) is 0 Å². The molecule has 4 aliphatic rings. The molecule has 79 heavy (non-hydrogen) atoms. The fourth-order valence-corrected chi connectivity index (χ4v) is 16.5. The third-order valence-corrected chi connectivity index (χ3v) is 27.3. The zero-order valence-electron chi connectivity index (χ0n) is 47.7. The van der Waals surface area contributed by atoms with Crippen LogP contribution in [0, 0.1) is 34.2 Å². The molecule has 15 nitrogen and oxygen atoms in total. The Morgan fingerprint density at radius 3 is 1.95 bits per heavy atom. The maximum absolute atomic E-state index is 16.6. The van der Waals surface area contributed by atoms with Crippen molar-refractivity contribution in [1.29, 1.82) is 0 Å². The van der Waals surface area contributed by atoms with E-state index in [1.807, 2.05) is 54.6 Å². The van der Waals surface area contributed by atoms with Crippen LogP contribution in [0.3, 0.4) is 0 Å². The smallest absolute Gasteiger partial charge is 0.341 e. The molecule has 430 valence electrons. The van der Waals surface area contributed by atoms with Crippen molar-refractivity contribution in [3.05, 3.63) is 118 Å². The molecule has 0 unspecified atom stereocenters. The summed E-state index contributed by atoms with van der Waals surface area (Å²) in [6.45, 7) is 23.5. The SMILES string of the molecule is CC[Si](CC)(CC)O[C@H]1C[C@H]2OC[C@@]2(OC(C)=O)[C@H]2[C@H](OC(=O)c3cc(F)c(F)cc3F)[C@]3(O)C[C@H](OC(=O)[C@H](O[Si](C)(C)C(C)(C)C)[C@@H](NC(=O)c4ccccc4)c4ccccc4)C(C)=C([C@@H](OC(C)=O)C(=O)[C@]12C)C3(C)C. The zero-order chi connectivity index (χ0) is 58.6. The lowest BCUT2D eigenvalue weighted by Crippen LogP contribution is -2.82. The van der Waals surface area contributed by atoms with Crippen LogP contribution in [0.2, 0.25) is 36.3 Å². The maximum Gasteiger partial charge on any atom is 0.341 e. The lowest BCUT2D eigenvalue weighted by molar-refractivity contribution is -0.344. The number of hydrogen-bond acceptors (Lipinski definition) is 14. The molecule has 0 spiro atoms. The van der Waals surface area contributed by atoms with Gasteiger partial charge in [0.2, 0.25) is 0 Å². The van der Waals surface area contributed by atoms with Crippen LogP contribution in [0.5, 0.6) is 0 Å². The Morgan fingerprint density at radius 1 is 0.835 bits per heavy atom. The third-order valence-electron chi connectivity index (χ3n) is 18.2. The van der Waals surface area contributed by atoms with Crippen LogP contribution in [0.25, 0.3) is 0 Å². The average molecular weight is 1140 g/mol. The molecule has 1 saturated heterocycles. The number of carbonyl (C=O) groups is 6. The first-order valence-corrected chi connectivity index (χ1v) is 32.5. The van der Waals surface area contributed by atoms with Crippen molar-refractivity contribution in [2.45, 2.75) is 186 Å². The molecule has 3 aliphatic carbocycles. The Kier molecular flexibility index (Phi) is 17.4. The number of amides is 1. The van der Waals surface area contributed by atoms with Crippen LogP contribution in [-0.2, 0) is 51.7 Å². The Balaban J connectivity index is 1.51. The molecule has 3 aromatic rings. The maximum atomic E-state index is 16.6. The van der Waals surface area contributed by atoms with E-state index in [4.69, 9.17) is 32.5 Å². The van der Waals surface area contributed by atoms with Gasteiger partial charge in [-0.05, 0) is 85.0 Å². The number of nitrogens with one attached hydrogen (secondary N) is 1. The van der Waals surface area contributed by atoms with Gasteiger partial charge in [-0.1, -0.05) is 104 Å². The minimum atomic E-state index is -3.03. The number of esters is 4. The molecule has 0 aromatic heterocycles. The van der Waals surface area contributed by atoms with E-state index in [-0.39, 0.29) is 29.2 Å². The molecular weight excluding hydrogens is 1060 g/mol. The first-order chi connectivity index (χ1) is 36.8. The van der Waals surface area contributed by atoms with Gasteiger partial charge in [-0.25, -0.2) is 22.8 Å². The highest BCUT2D eigenvalue weighted by Gasteiger charge is 2.79. The molecular formula is C59H76F3NO14Si2. The highest BCUT2D eigenvalue weighted by molar-refractivity contribution is 6.74. The fraction of sp³-hybridized carbons (Fsp3) is 0.559. The Hall–Kier alpha value is -5.52. The zero-order valence-corrected chi connectivity index (χ0v) is 49.7. The van der Waals surface area contributed by atoms with Gasteiger partial charge in [0.1, 0.15) is 29.7 Å². The molecule has 20 heteroatoms. The second-order valence-corrected chi connectivity index (χ2v) is 33.4. The van der Waals surface area contributed by atoms with Gasteiger partial charge >= 0.3 is 23.9 Å². The summed E-state index contributed by atoms with van der Waals surface area (Å²) in [6.07, 6.45) is -10.2. The van der Waals surface area contributed by atoms with E-state index in [0.717, 1.165) is 13.8 Å². The number of ketones is 1. The number of Topliss-reactive ketones (excluding diaryl/α,β-unsaturated/α-hetero) is 1. The van der Waals surface area contributed by atoms with Crippen molar-refractivity contribution in [2.75, 3.05) is 6.61 Å². The standard InChI is InChI=1S/C59H76F3NO14Si2/c1-15-79(16-2,17-3)76-43-30-44-58(32-71-44,75-35(6)65)49-51(74-53(68)38-28-40(61)41(62)29-39(38)60)59(70)31-42(33(4)45(56(59,10)11)47(72-34(5)64)50(66)57(43,49)12)73-54(69)48(77-78(13,14)55(7,8)9)46(36-24-20-18-21-25-36)63-52(67)37-26-22-19-23-27-37/h18-29,42-44,46-49,51,70H,15-17,30-32H2,1-14H3,(H,63,67)/t42-,43-,44+,46-,47+,48+,49-,51-,57+,58-,59+/m0/s1. The normalized spacial score (nSPS) is 28.3. The average Bonchev–Trinajstić information content (AvgIpc) is 3.51. The molecule has 7 rings (SSSR count). The van der Waals surface area contributed by atoms with Crippen molar-refractivity contribution >= 4 is 52.2 Å². The monoisotopic (exact) mass is 1140 g/mol. The van der Waals surface area contributed by atoms with Crippen molar-refractivity contribution in [1.82, 2.24) is 5.32 Å². The molecule has 1 aliphatic heterocycles. The van der Waals surface area contributed by atoms with Gasteiger partial charge in [0.15, 0.2) is 51.9 Å². The highest BCUT2D eigenvalue weighted by Crippen LogP contribution is 2.65. The Labute approximate surface area is 462 Å². The predicted molar refractivity (Wildman–Crippen MR) is 290 cm³/mol. The van der Waals surface area contributed by atoms with E-state index < -0.39 is 164 Å². The van der Waals surface area contributed by atoms with Gasteiger partial charge < -0.3 is 43.0 Å². The number of aliphatic hydroxyl groups is 1. The van der Waals surface area contributed by atoms with E-state index in [0.29, 0.717) is 29.8 Å². The number of rotatable bonds is 17. The highest BCUT2D eigenvalue weighted by atomic mass is 28.4. The summed E-state index contributed by atoms with van der Waals surface area (Å²) in [6, 6.07) is 18.0. The number of halogens is 3. The summed E-state index contributed by atoms with van der Waals surface area (Å²) in [5.74, 6) is -12.2. The second kappa shape index (κ2) is 22.4. The Morgan fingerprint density at radius 2 is 1.42 bits per heavy atom. The van der Waals surface area contributed by atoms with E-state index in [1.165, 1.54) is 20.8 Å². The third kappa shape index (κ3) is 10.9. The molecule has 2 N–H and O–H groups in total. The lowest BCUT2D eigenvalue weighted by atomic mass is 9.44. The molecule has 2 saturated carbocycles. The quantitative estimate of drug-likeness (QED) is 0.0425. The summed E-state index contributed by atoms with van der Waals surface area (Å²) in [7, 11) is -5.83. The predicted octanol–water partition coefficient (Wildman–Crippen LogP) is 10.2. The largest absolute Gasteiger partial charge is 0.456 e. The van der Waals surface area contributed by atoms with Crippen LogP contribution < -0.4 is 5.32 Å². The van der Waals surface area contributed by atoms with E-state index in [1.54, 1.807) is 67.6 Å². The van der Waals surface area contributed by atoms with Gasteiger partial charge in [-0.15, -0.1) is 0 Å². The number of fused-ring (bicyclic) bond motifs is 5. The van der Waals surface area contributed by atoms with Crippen LogP contribution in [0.4, 0.5) is 13.2 Å². The van der Waals surface area contributed by atoms with Crippen LogP contribution in [0.1, 0.15) is 128 Å². The topological polar surface area (TPSA) is 199 Å². The fourth-order valence-electron chi connectivity index (χ4n) is 12.3. The first kappa shape index (κ1) is 61.1. The van der Waals surface area contributed by atoms with Crippen molar-refractivity contribution < 1.29 is 79.6 Å². The minimum Gasteiger partial charge on any atom is -0.456 e. The Bertz CT molecular complexity index is 2870. The summed E-state index contributed by atoms with van der Waals surface area (Å²) in [5, 5.41) is 16.9. The minimum absolute atomic E-state index is 0.0462. The van der Waals surface area contributed by atoms with E-state index >= 15 is 18.4 Å². The lowest BCUT2D eigenvalue weighted by Gasteiger charge is -2.68. The van der Waals surface area contributed by atoms with E-state index in [9.17, 15) is 28.7 Å². The molecule has 2 bridgehead atoms. The second-order valence-electron chi connectivity index (χ2n) is 23.9. The van der Waals surface area contributed by atoms with Crippen LogP contribution >= 0.6 is 0 Å². The van der Waals surface area contributed by atoms with Gasteiger partial charge in [-0.2, -0.15) is 0 Å². The summed E-state index contributed by atoms with van der Waals surface area (Å²) < 4.78 is 91.6. The number of benzene rings is 3. The van der Waals surface area contributed by atoms with Gasteiger partial charge in [0.25, 0.3) is 5.91 Å². The number of hydrogen-bond donors (Lipinski definition) is 2. The molecule has 3 fully saturated rings. The van der Waals surface area contributed by atoms with Crippen molar-refractivity contribution in [2.24, 2.45) is 16.7 Å². The molecule has 0 radical (unpaired) electrons. The molecule has 3 aromatic carbocycles. The number of ether oxygens (including phenoxy) is 5. The molecule has 1 heterocycles. The van der Waals surface area contributed by atoms with E-state index in [2.05, 4.69) is 5.32 Å².